The van der Waals surface area contributed by atoms with Crippen LogP contribution in [0.15, 0.2) is 48.8 Å². The van der Waals surface area contributed by atoms with E-state index in [4.69, 9.17) is 9.90 Å². The minimum absolute atomic E-state index is 0. The molecule has 0 aliphatic carbocycles. The summed E-state index contributed by atoms with van der Waals surface area (Å²) in [6, 6.07) is 11.7. The van der Waals surface area contributed by atoms with Gasteiger partial charge in [0.25, 0.3) is 0 Å². The zero-order valence-corrected chi connectivity index (χ0v) is 14.6. The predicted octanol–water partition coefficient (Wildman–Crippen LogP) is 2.51. The van der Waals surface area contributed by atoms with Crippen molar-refractivity contribution in [3.05, 3.63) is 60.0 Å². The van der Waals surface area contributed by atoms with Crippen LogP contribution in [-0.4, -0.2) is 40.2 Å². The Bertz CT molecular complexity index is 833. The second-order valence-electron chi connectivity index (χ2n) is 4.97. The number of aromatic nitrogens is 2. The highest BCUT2D eigenvalue weighted by atomic mass is 16.3. The van der Waals surface area contributed by atoms with Gasteiger partial charge in [0.15, 0.2) is 5.78 Å². The molecule has 0 saturated carbocycles. The molecule has 0 aromatic carbocycles. The molecule has 3 N–H and O–H groups in total. The Morgan fingerprint density at radius 1 is 1.32 bits per heavy atom. The molecule has 3 aromatic heterocycles. The lowest BCUT2D eigenvalue weighted by Gasteiger charge is -2.03. The molecule has 3 aromatic rings. The number of aryl methyl sites for hydroxylation is 1. The molecule has 0 unspecified atom stereocenters. The predicted molar refractivity (Wildman–Crippen MR) is 101 cm³/mol. The first-order chi connectivity index (χ1) is 12.1. The second kappa shape index (κ2) is 10.1. The topological polar surface area (TPSA) is 97.7 Å². The maximum Gasteiger partial charge on any atom is 0.176 e. The summed E-state index contributed by atoms with van der Waals surface area (Å²) in [7, 11) is 1.50. The highest BCUT2D eigenvalue weighted by molar-refractivity contribution is 5.98. The van der Waals surface area contributed by atoms with Crippen LogP contribution in [0.1, 0.15) is 24.4 Å². The van der Waals surface area contributed by atoms with Crippen LogP contribution in [0.5, 0.6) is 0 Å². The van der Waals surface area contributed by atoms with Crippen molar-refractivity contribution in [2.24, 2.45) is 5.73 Å². The van der Waals surface area contributed by atoms with E-state index in [0.29, 0.717) is 12.0 Å². The standard InChI is InChI=1S/C16H14N2O.C2H4O2.CH5N.H2/c1-11-6-5-9-18-15(12(2)19)10-13(16(11)18)14-7-3-4-8-17-14;3-1-2-4;1-2;/h3-10H,1-2H3;1,4H,2H2;2H2,1H3;1H. The normalized spacial score (nSPS) is 9.48. The molecule has 6 heteroatoms. The number of nitrogens with zero attached hydrogens (tertiary/aromatic N) is 2. The summed E-state index contributed by atoms with van der Waals surface area (Å²) >= 11 is 0. The third-order valence-electron chi connectivity index (χ3n) is 3.37. The van der Waals surface area contributed by atoms with Crippen LogP contribution in [0.25, 0.3) is 16.8 Å². The van der Waals surface area contributed by atoms with E-state index in [1.54, 1.807) is 13.1 Å². The number of fused-ring (bicyclic) bond motifs is 1. The number of pyridine rings is 2. The number of carbonyl (C=O) groups is 2. The van der Waals surface area contributed by atoms with Gasteiger partial charge in [0.05, 0.1) is 23.5 Å². The summed E-state index contributed by atoms with van der Waals surface area (Å²) in [5.41, 5.74) is 9.27. The molecule has 0 radical (unpaired) electrons. The second-order valence-corrected chi connectivity index (χ2v) is 4.97. The van der Waals surface area contributed by atoms with Crippen molar-refractivity contribution in [2.45, 2.75) is 13.8 Å². The van der Waals surface area contributed by atoms with Crippen molar-refractivity contribution in [2.75, 3.05) is 13.7 Å². The zero-order valence-electron chi connectivity index (χ0n) is 14.6. The van der Waals surface area contributed by atoms with Gasteiger partial charge in [0.1, 0.15) is 6.29 Å². The van der Waals surface area contributed by atoms with Gasteiger partial charge in [-0.1, -0.05) is 12.1 Å². The number of aliphatic hydroxyl groups excluding tert-OH is 1. The molecule has 0 amide bonds. The molecule has 0 fully saturated rings. The summed E-state index contributed by atoms with van der Waals surface area (Å²) in [5.74, 6) is 0.0581. The van der Waals surface area contributed by atoms with Gasteiger partial charge in [0.2, 0.25) is 0 Å². The monoisotopic (exact) mass is 343 g/mol. The first-order valence-corrected chi connectivity index (χ1v) is 7.75. The van der Waals surface area contributed by atoms with E-state index in [1.165, 1.54) is 7.05 Å². The van der Waals surface area contributed by atoms with Crippen molar-refractivity contribution in [1.82, 2.24) is 9.38 Å². The average molecular weight is 343 g/mol. The van der Waals surface area contributed by atoms with E-state index in [9.17, 15) is 4.79 Å². The summed E-state index contributed by atoms with van der Waals surface area (Å²) < 4.78 is 1.95. The molecule has 3 rings (SSSR count). The molecular weight excluding hydrogens is 318 g/mol. The Morgan fingerprint density at radius 3 is 2.52 bits per heavy atom. The summed E-state index contributed by atoms with van der Waals surface area (Å²) in [4.78, 5) is 25.1. The quantitative estimate of drug-likeness (QED) is 0.562. The van der Waals surface area contributed by atoms with Gasteiger partial charge in [-0.05, 0) is 43.8 Å². The number of aldehydes is 1. The molecule has 3 heterocycles. The fraction of sp³-hybridized carbons (Fsp3) is 0.211. The first kappa shape index (κ1) is 20.2. The molecule has 134 valence electrons. The molecule has 25 heavy (non-hydrogen) atoms. The van der Waals surface area contributed by atoms with Gasteiger partial charge >= 0.3 is 0 Å². The van der Waals surface area contributed by atoms with Crippen LogP contribution in [-0.2, 0) is 4.79 Å². The fourth-order valence-electron chi connectivity index (χ4n) is 2.42. The number of hydrogen-bond donors (Lipinski definition) is 2. The van der Waals surface area contributed by atoms with E-state index in [1.807, 2.05) is 53.9 Å². The zero-order chi connectivity index (χ0) is 18.8. The average Bonchev–Trinajstić information content (AvgIpc) is 3.06. The lowest BCUT2D eigenvalue weighted by atomic mass is 10.1. The molecular formula is C19H25N3O3. The SMILES string of the molecule is CC(=O)c1cc(-c2ccccn2)c2c(C)cccn12.CN.O=CCO.[HH]. The van der Waals surface area contributed by atoms with E-state index in [0.717, 1.165) is 22.3 Å². The molecule has 0 saturated heterocycles. The number of ketones is 1. The van der Waals surface area contributed by atoms with E-state index in [-0.39, 0.29) is 13.8 Å². The van der Waals surface area contributed by atoms with Gasteiger partial charge < -0.3 is 20.0 Å². The smallest absolute Gasteiger partial charge is 0.176 e. The van der Waals surface area contributed by atoms with Gasteiger partial charge in [-0.15, -0.1) is 0 Å². The van der Waals surface area contributed by atoms with Crippen molar-refractivity contribution >= 4 is 17.6 Å². The molecule has 0 bridgehead atoms. The van der Waals surface area contributed by atoms with Gasteiger partial charge in [0, 0.05) is 26.3 Å². The van der Waals surface area contributed by atoms with Gasteiger partial charge in [-0.25, -0.2) is 0 Å². The first-order valence-electron chi connectivity index (χ1n) is 7.75. The van der Waals surface area contributed by atoms with Crippen LogP contribution in [0, 0.1) is 6.92 Å². The van der Waals surface area contributed by atoms with Gasteiger partial charge in [-0.2, -0.15) is 0 Å². The molecule has 0 aliphatic heterocycles. The van der Waals surface area contributed by atoms with Crippen molar-refractivity contribution < 1.29 is 16.1 Å². The number of Topliss-reactive ketones (excluding diaryl/α,β-unsaturated/α-hetero) is 1. The van der Waals surface area contributed by atoms with Crippen LogP contribution in [0.2, 0.25) is 0 Å². The largest absolute Gasteiger partial charge is 0.389 e. The Morgan fingerprint density at radius 2 is 2.00 bits per heavy atom. The maximum absolute atomic E-state index is 11.8. The molecule has 0 atom stereocenters. The Labute approximate surface area is 148 Å². The van der Waals surface area contributed by atoms with Crippen LogP contribution < -0.4 is 5.73 Å². The molecule has 0 spiro atoms. The summed E-state index contributed by atoms with van der Waals surface area (Å²) in [6.45, 7) is 3.28. The van der Waals surface area contributed by atoms with Crippen molar-refractivity contribution in [3.8, 4) is 11.3 Å². The highest BCUT2D eigenvalue weighted by Gasteiger charge is 2.15. The van der Waals surface area contributed by atoms with Crippen molar-refractivity contribution in [3.63, 3.8) is 0 Å². The Balaban J connectivity index is 0.000000795. The number of hydrogen-bond acceptors (Lipinski definition) is 5. The third kappa shape index (κ3) is 4.82. The van der Waals surface area contributed by atoms with Crippen molar-refractivity contribution in [1.29, 1.82) is 0 Å². The maximum atomic E-state index is 11.8. The number of rotatable bonds is 3. The number of nitrogens with two attached hydrogens (primary N) is 1. The molecule has 0 aliphatic rings. The van der Waals surface area contributed by atoms with Crippen LogP contribution in [0.4, 0.5) is 0 Å². The number of carbonyl (C=O) groups excluding carboxylic acids is 2. The lowest BCUT2D eigenvalue weighted by molar-refractivity contribution is -0.110. The van der Waals surface area contributed by atoms with Crippen LogP contribution >= 0.6 is 0 Å². The number of aliphatic hydroxyl groups is 1. The fourth-order valence-corrected chi connectivity index (χ4v) is 2.42. The van der Waals surface area contributed by atoms with E-state index >= 15 is 0 Å². The van der Waals surface area contributed by atoms with E-state index in [2.05, 4.69) is 10.7 Å². The lowest BCUT2D eigenvalue weighted by Crippen LogP contribution is -1.98. The highest BCUT2D eigenvalue weighted by Crippen LogP contribution is 2.29. The Hall–Kier alpha value is -2.83. The van der Waals surface area contributed by atoms with Crippen LogP contribution in [0.3, 0.4) is 0 Å². The molecule has 6 nitrogen and oxygen atoms in total. The third-order valence-corrected chi connectivity index (χ3v) is 3.37. The van der Waals surface area contributed by atoms with E-state index < -0.39 is 0 Å². The van der Waals surface area contributed by atoms with Gasteiger partial charge in [-0.3, -0.25) is 9.78 Å². The Kier molecular flexibility index (Phi) is 8.18. The minimum Gasteiger partial charge on any atom is -0.389 e. The summed E-state index contributed by atoms with van der Waals surface area (Å²) in [5, 5.41) is 7.51. The summed E-state index contributed by atoms with van der Waals surface area (Å²) in [6.07, 6.45) is 4.12. The minimum atomic E-state index is -0.361.